The van der Waals surface area contributed by atoms with E-state index in [9.17, 15) is 4.79 Å². The third kappa shape index (κ3) is 5.60. The Hall–Kier alpha value is -3.31. The molecule has 1 heterocycles. The predicted octanol–water partition coefficient (Wildman–Crippen LogP) is 6.20. The van der Waals surface area contributed by atoms with E-state index in [2.05, 4.69) is 35.9 Å². The lowest BCUT2D eigenvalue weighted by Crippen LogP contribution is -2.30. The third-order valence-corrected chi connectivity index (χ3v) is 6.32. The number of carbonyl (C=O) groups excluding carboxylic acids is 1. The second-order valence-electron chi connectivity index (χ2n) is 8.60. The molecule has 0 bridgehead atoms. The van der Waals surface area contributed by atoms with Crippen LogP contribution in [0.15, 0.2) is 66.7 Å². The summed E-state index contributed by atoms with van der Waals surface area (Å²) < 4.78 is 8.24. The number of ether oxygens (including phenoxy) is 1. The van der Waals surface area contributed by atoms with Crippen molar-refractivity contribution in [2.45, 2.75) is 46.2 Å². The zero-order valence-corrected chi connectivity index (χ0v) is 20.6. The van der Waals surface area contributed by atoms with Crippen LogP contribution in [-0.2, 0) is 17.8 Å². The minimum Gasteiger partial charge on any atom is -0.493 e. The monoisotopic (exact) mass is 475 g/mol. The highest BCUT2D eigenvalue weighted by molar-refractivity contribution is 6.30. The van der Waals surface area contributed by atoms with Crippen LogP contribution in [0.1, 0.15) is 41.9 Å². The first kappa shape index (κ1) is 23.8. The zero-order valence-electron chi connectivity index (χ0n) is 19.8. The van der Waals surface area contributed by atoms with Gasteiger partial charge < -0.3 is 14.6 Å². The molecule has 0 saturated heterocycles. The molecule has 0 aliphatic rings. The van der Waals surface area contributed by atoms with Gasteiger partial charge in [0.05, 0.1) is 30.1 Å². The Bertz CT molecular complexity index is 1280. The van der Waals surface area contributed by atoms with E-state index >= 15 is 0 Å². The molecule has 0 fully saturated rings. The van der Waals surface area contributed by atoms with Crippen LogP contribution in [0.2, 0.25) is 5.02 Å². The molecule has 1 N–H and O–H groups in total. The molecule has 1 atom stereocenters. The maximum absolute atomic E-state index is 12.7. The molecule has 0 aliphatic heterocycles. The molecule has 6 heteroatoms. The van der Waals surface area contributed by atoms with Crippen molar-refractivity contribution in [1.82, 2.24) is 14.9 Å². The summed E-state index contributed by atoms with van der Waals surface area (Å²) in [4.78, 5) is 17.5. The molecule has 176 valence electrons. The minimum atomic E-state index is -0.230. The Morgan fingerprint density at radius 1 is 1.06 bits per heavy atom. The van der Waals surface area contributed by atoms with Gasteiger partial charge in [0.15, 0.2) is 0 Å². The van der Waals surface area contributed by atoms with Crippen LogP contribution in [0.5, 0.6) is 5.75 Å². The molecule has 5 nitrogen and oxygen atoms in total. The number of nitrogens with zero attached hydrogens (tertiary/aromatic N) is 2. The number of amides is 1. The van der Waals surface area contributed by atoms with Crippen molar-refractivity contribution < 1.29 is 9.53 Å². The summed E-state index contributed by atoms with van der Waals surface area (Å²) in [6.07, 6.45) is 1.12. The number of para-hydroxylation sites is 2. The largest absolute Gasteiger partial charge is 0.493 e. The average molecular weight is 476 g/mol. The molecule has 1 aromatic heterocycles. The minimum absolute atomic E-state index is 0.0494. The molecule has 0 spiro atoms. The average Bonchev–Trinajstić information content (AvgIpc) is 3.19. The van der Waals surface area contributed by atoms with Gasteiger partial charge in [-0.15, -0.1) is 0 Å². The van der Waals surface area contributed by atoms with Gasteiger partial charge in [-0.2, -0.15) is 0 Å². The number of nitrogens with one attached hydrogen (secondary N) is 1. The van der Waals surface area contributed by atoms with Crippen molar-refractivity contribution >= 4 is 28.5 Å². The fourth-order valence-corrected chi connectivity index (χ4v) is 4.22. The van der Waals surface area contributed by atoms with Crippen molar-refractivity contribution in [2.75, 3.05) is 6.61 Å². The number of halogens is 1. The smallest absolute Gasteiger partial charge is 0.224 e. The molecule has 0 saturated carbocycles. The van der Waals surface area contributed by atoms with E-state index in [-0.39, 0.29) is 11.9 Å². The van der Waals surface area contributed by atoms with Crippen LogP contribution in [-0.4, -0.2) is 22.1 Å². The number of imidazole rings is 1. The highest BCUT2D eigenvalue weighted by Crippen LogP contribution is 2.23. The van der Waals surface area contributed by atoms with E-state index in [1.807, 2.05) is 49.4 Å². The van der Waals surface area contributed by atoms with Gasteiger partial charge in [0.25, 0.3) is 0 Å². The zero-order chi connectivity index (χ0) is 24.1. The first-order valence-corrected chi connectivity index (χ1v) is 12.0. The maximum atomic E-state index is 12.7. The Morgan fingerprint density at radius 2 is 1.82 bits per heavy atom. The van der Waals surface area contributed by atoms with Crippen LogP contribution in [0.4, 0.5) is 0 Å². The van der Waals surface area contributed by atoms with Gasteiger partial charge in [0, 0.05) is 11.6 Å². The molecule has 4 aromatic rings. The van der Waals surface area contributed by atoms with Gasteiger partial charge in [-0.3, -0.25) is 4.79 Å². The molecule has 1 unspecified atom stereocenters. The summed E-state index contributed by atoms with van der Waals surface area (Å²) in [6, 6.07) is 21.3. The quantitative estimate of drug-likeness (QED) is 0.293. The van der Waals surface area contributed by atoms with Crippen molar-refractivity contribution in [3.05, 3.63) is 94.3 Å². The number of carbonyl (C=O) groups is 1. The van der Waals surface area contributed by atoms with Crippen LogP contribution in [0, 0.1) is 13.8 Å². The van der Waals surface area contributed by atoms with Crippen LogP contribution in [0.25, 0.3) is 11.0 Å². The van der Waals surface area contributed by atoms with Gasteiger partial charge in [0.2, 0.25) is 5.91 Å². The van der Waals surface area contributed by atoms with Gasteiger partial charge in [-0.25, -0.2) is 4.98 Å². The standard InChI is InChI=1S/C28H30ClN3O2/c1-19-8-6-11-26(20(19)2)34-17-7-16-32-25-10-5-4-9-24(25)31-28(32)21(3)30-27(33)18-22-12-14-23(29)15-13-22/h4-6,8-15,21H,7,16-18H2,1-3H3,(H,30,33). The number of hydrogen-bond donors (Lipinski definition) is 1. The van der Waals surface area contributed by atoms with E-state index < -0.39 is 0 Å². The van der Waals surface area contributed by atoms with Crippen molar-refractivity contribution in [3.8, 4) is 5.75 Å². The summed E-state index contributed by atoms with van der Waals surface area (Å²) in [6.45, 7) is 7.50. The normalized spacial score (nSPS) is 12.0. The van der Waals surface area contributed by atoms with E-state index in [0.717, 1.165) is 41.1 Å². The first-order chi connectivity index (χ1) is 16.4. The van der Waals surface area contributed by atoms with Gasteiger partial charge in [0.1, 0.15) is 11.6 Å². The number of fused-ring (bicyclic) bond motifs is 1. The lowest BCUT2D eigenvalue weighted by molar-refractivity contribution is -0.121. The van der Waals surface area contributed by atoms with E-state index in [1.165, 1.54) is 11.1 Å². The van der Waals surface area contributed by atoms with Crippen molar-refractivity contribution in [3.63, 3.8) is 0 Å². The second kappa shape index (κ2) is 10.7. The topological polar surface area (TPSA) is 56.1 Å². The second-order valence-corrected chi connectivity index (χ2v) is 9.04. The Balaban J connectivity index is 1.44. The highest BCUT2D eigenvalue weighted by Gasteiger charge is 2.18. The molecule has 3 aromatic carbocycles. The summed E-state index contributed by atoms with van der Waals surface area (Å²) in [5.74, 6) is 1.72. The van der Waals surface area contributed by atoms with Crippen molar-refractivity contribution in [2.24, 2.45) is 0 Å². The lowest BCUT2D eigenvalue weighted by Gasteiger charge is -2.17. The number of rotatable bonds is 9. The summed E-state index contributed by atoms with van der Waals surface area (Å²) in [5.41, 5.74) is 5.30. The van der Waals surface area contributed by atoms with E-state index in [0.29, 0.717) is 18.1 Å². The maximum Gasteiger partial charge on any atom is 0.224 e. The number of hydrogen-bond acceptors (Lipinski definition) is 3. The first-order valence-electron chi connectivity index (χ1n) is 11.6. The molecule has 0 aliphatic carbocycles. The summed E-state index contributed by atoms with van der Waals surface area (Å²) in [5, 5.41) is 3.76. The SMILES string of the molecule is Cc1cccc(OCCCn2c(C(C)NC(=O)Cc3ccc(Cl)cc3)nc3ccccc32)c1C. The van der Waals surface area contributed by atoms with Crippen LogP contribution < -0.4 is 10.1 Å². The van der Waals surface area contributed by atoms with Crippen LogP contribution >= 0.6 is 11.6 Å². The fraction of sp³-hybridized carbons (Fsp3) is 0.286. The highest BCUT2D eigenvalue weighted by atomic mass is 35.5. The predicted molar refractivity (Wildman–Crippen MR) is 137 cm³/mol. The molecular formula is C28H30ClN3O2. The summed E-state index contributed by atoms with van der Waals surface area (Å²) in [7, 11) is 0. The van der Waals surface area contributed by atoms with E-state index in [4.69, 9.17) is 21.3 Å². The number of benzene rings is 3. The van der Waals surface area contributed by atoms with E-state index in [1.54, 1.807) is 12.1 Å². The molecule has 0 radical (unpaired) electrons. The van der Waals surface area contributed by atoms with Gasteiger partial charge >= 0.3 is 0 Å². The van der Waals surface area contributed by atoms with Gasteiger partial charge in [-0.05, 0) is 74.2 Å². The Morgan fingerprint density at radius 3 is 2.62 bits per heavy atom. The number of aromatic nitrogens is 2. The van der Waals surface area contributed by atoms with Crippen molar-refractivity contribution in [1.29, 1.82) is 0 Å². The van der Waals surface area contributed by atoms with Gasteiger partial charge in [-0.1, -0.05) is 48.0 Å². The molecular weight excluding hydrogens is 446 g/mol. The molecule has 4 rings (SSSR count). The lowest BCUT2D eigenvalue weighted by atomic mass is 10.1. The Kier molecular flexibility index (Phi) is 7.53. The third-order valence-electron chi connectivity index (χ3n) is 6.07. The number of aryl methyl sites for hydroxylation is 2. The molecule has 34 heavy (non-hydrogen) atoms. The fourth-order valence-electron chi connectivity index (χ4n) is 4.09. The summed E-state index contributed by atoms with van der Waals surface area (Å²) >= 11 is 5.95. The van der Waals surface area contributed by atoms with Crippen LogP contribution in [0.3, 0.4) is 0 Å². The molecule has 1 amide bonds. The Labute approximate surface area is 205 Å².